The highest BCUT2D eigenvalue weighted by atomic mass is 35.5. The lowest BCUT2D eigenvalue weighted by Gasteiger charge is -2.37. The van der Waals surface area contributed by atoms with Gasteiger partial charge >= 0.3 is 5.69 Å². The number of halogens is 1. The molecule has 1 aromatic carbocycles. The summed E-state index contributed by atoms with van der Waals surface area (Å²) in [5, 5.41) is 12.8. The first-order chi connectivity index (χ1) is 17.0. The molecule has 5 rings (SSSR count). The zero-order valence-corrected chi connectivity index (χ0v) is 19.7. The molecule has 0 radical (unpaired) electrons. The van der Waals surface area contributed by atoms with Crippen LogP contribution >= 0.6 is 11.6 Å². The Morgan fingerprint density at radius 1 is 0.914 bits per heavy atom. The van der Waals surface area contributed by atoms with Gasteiger partial charge in [-0.05, 0) is 30.3 Å². The van der Waals surface area contributed by atoms with E-state index in [1.54, 1.807) is 17.0 Å². The van der Waals surface area contributed by atoms with Gasteiger partial charge < -0.3 is 24.0 Å². The first-order valence-corrected chi connectivity index (χ1v) is 11.7. The molecule has 3 aromatic rings. The first kappa shape index (κ1) is 22.9. The van der Waals surface area contributed by atoms with Crippen LogP contribution in [-0.4, -0.2) is 78.1 Å². The number of carbonyl (C=O) groups is 1. The predicted octanol–water partition coefficient (Wildman–Crippen LogP) is 2.92. The molecule has 4 heterocycles. The maximum atomic E-state index is 12.5. The van der Waals surface area contributed by atoms with Gasteiger partial charge in [-0.15, -0.1) is 0 Å². The van der Waals surface area contributed by atoms with Gasteiger partial charge in [0.1, 0.15) is 6.33 Å². The molecule has 2 fully saturated rings. The quantitative estimate of drug-likeness (QED) is 0.388. The number of anilines is 3. The highest BCUT2D eigenvalue weighted by Gasteiger charge is 2.33. The van der Waals surface area contributed by atoms with Crippen molar-refractivity contribution in [1.82, 2.24) is 14.9 Å². The molecule has 2 saturated heterocycles. The van der Waals surface area contributed by atoms with E-state index in [1.807, 2.05) is 34.1 Å². The first-order valence-electron chi connectivity index (χ1n) is 11.3. The second-order valence-corrected chi connectivity index (χ2v) is 8.77. The lowest BCUT2D eigenvalue weighted by Crippen LogP contribution is -2.49. The van der Waals surface area contributed by atoms with Crippen LogP contribution in [0.1, 0.15) is 10.6 Å². The van der Waals surface area contributed by atoms with Crippen molar-refractivity contribution in [2.24, 2.45) is 0 Å². The van der Waals surface area contributed by atoms with Crippen molar-refractivity contribution in [1.29, 1.82) is 0 Å². The molecule has 0 bridgehead atoms. The second-order valence-electron chi connectivity index (χ2n) is 8.34. The van der Waals surface area contributed by atoms with Crippen molar-refractivity contribution in [2.75, 3.05) is 67.1 Å². The molecule has 1 amide bonds. The fraction of sp³-hybridized carbons (Fsp3) is 0.348. The Morgan fingerprint density at radius 3 is 2.11 bits per heavy atom. The lowest BCUT2D eigenvalue weighted by atomic mass is 10.2. The Bertz CT molecular complexity index is 1210. The second kappa shape index (κ2) is 9.79. The SMILES string of the molecule is O=C(c1ccco1)N1CCN(c2ncnc(N3CCN(c4cccc(Cl)c4)CC3)c2[N+](=O)[O-])CC1. The third kappa shape index (κ3) is 4.72. The minimum Gasteiger partial charge on any atom is -0.459 e. The smallest absolute Gasteiger partial charge is 0.353 e. The summed E-state index contributed by atoms with van der Waals surface area (Å²) in [7, 11) is 0. The number of carbonyl (C=O) groups excluding carboxylic acids is 1. The largest absolute Gasteiger partial charge is 0.459 e. The monoisotopic (exact) mass is 497 g/mol. The van der Waals surface area contributed by atoms with Gasteiger partial charge in [0.2, 0.25) is 11.6 Å². The molecule has 0 saturated carbocycles. The van der Waals surface area contributed by atoms with Gasteiger partial charge in [0.05, 0.1) is 11.2 Å². The fourth-order valence-corrected chi connectivity index (χ4v) is 4.70. The minimum atomic E-state index is -0.408. The maximum Gasteiger partial charge on any atom is 0.353 e. The van der Waals surface area contributed by atoms with E-state index >= 15 is 0 Å². The normalized spacial score (nSPS) is 16.5. The number of piperazine rings is 2. The Hall–Kier alpha value is -3.86. The summed E-state index contributed by atoms with van der Waals surface area (Å²) in [5.74, 6) is 0.693. The van der Waals surface area contributed by atoms with Gasteiger partial charge in [-0.1, -0.05) is 17.7 Å². The predicted molar refractivity (Wildman–Crippen MR) is 131 cm³/mol. The number of hydrogen-bond acceptors (Lipinski definition) is 9. The molecule has 11 nitrogen and oxygen atoms in total. The molecular weight excluding hydrogens is 474 g/mol. The van der Waals surface area contributed by atoms with Crippen LogP contribution in [0.4, 0.5) is 23.0 Å². The van der Waals surface area contributed by atoms with Crippen molar-refractivity contribution < 1.29 is 14.1 Å². The molecule has 0 N–H and O–H groups in total. The van der Waals surface area contributed by atoms with Crippen molar-refractivity contribution in [3.8, 4) is 0 Å². The molecule has 182 valence electrons. The molecular formula is C23H24ClN7O4. The number of nitro groups is 1. The molecule has 35 heavy (non-hydrogen) atoms. The summed E-state index contributed by atoms with van der Waals surface area (Å²) in [6.45, 7) is 4.19. The van der Waals surface area contributed by atoms with Crippen LogP contribution in [0.3, 0.4) is 0 Å². The summed E-state index contributed by atoms with van der Waals surface area (Å²) in [6, 6.07) is 11.0. The maximum absolute atomic E-state index is 12.5. The number of hydrogen-bond donors (Lipinski definition) is 0. The topological polar surface area (TPSA) is 112 Å². The summed E-state index contributed by atoms with van der Waals surface area (Å²) in [4.78, 5) is 40.5. The van der Waals surface area contributed by atoms with Crippen LogP contribution in [0.15, 0.2) is 53.4 Å². The number of amides is 1. The van der Waals surface area contributed by atoms with Gasteiger partial charge in [0, 0.05) is 63.1 Å². The van der Waals surface area contributed by atoms with E-state index in [4.69, 9.17) is 16.0 Å². The van der Waals surface area contributed by atoms with E-state index in [9.17, 15) is 14.9 Å². The number of furan rings is 1. The van der Waals surface area contributed by atoms with E-state index in [1.165, 1.54) is 12.6 Å². The average Bonchev–Trinajstić information content (AvgIpc) is 3.43. The van der Waals surface area contributed by atoms with Crippen molar-refractivity contribution in [2.45, 2.75) is 0 Å². The number of aromatic nitrogens is 2. The van der Waals surface area contributed by atoms with Crippen LogP contribution in [-0.2, 0) is 0 Å². The Kier molecular flexibility index (Phi) is 6.41. The summed E-state index contributed by atoms with van der Waals surface area (Å²) < 4.78 is 5.20. The fourth-order valence-electron chi connectivity index (χ4n) is 4.51. The van der Waals surface area contributed by atoms with Crippen LogP contribution in [0.5, 0.6) is 0 Å². The number of rotatable bonds is 5. The zero-order chi connectivity index (χ0) is 24.4. The van der Waals surface area contributed by atoms with Gasteiger partial charge in [0.25, 0.3) is 5.91 Å². The molecule has 12 heteroatoms. The highest BCUT2D eigenvalue weighted by Crippen LogP contribution is 2.35. The molecule has 0 atom stereocenters. The van der Waals surface area contributed by atoms with Gasteiger partial charge in [-0.2, -0.15) is 0 Å². The summed E-state index contributed by atoms with van der Waals surface area (Å²) in [5.41, 5.74) is 0.923. The number of nitrogens with zero attached hydrogens (tertiary/aromatic N) is 7. The third-order valence-electron chi connectivity index (χ3n) is 6.32. The standard InChI is InChI=1S/C23H24ClN7O4/c24-17-3-1-4-18(15-17)27-6-8-28(9-7-27)21-20(31(33)34)22(26-16-25-21)29-10-12-30(13-11-29)23(32)19-5-2-14-35-19/h1-5,14-16H,6-13H2. The van der Waals surface area contributed by atoms with Crippen molar-refractivity contribution in [3.05, 3.63) is 69.9 Å². The Labute approximate surface area is 206 Å². The van der Waals surface area contributed by atoms with Crippen LogP contribution in [0, 0.1) is 10.1 Å². The average molecular weight is 498 g/mol. The molecule has 2 aliphatic rings. The van der Waals surface area contributed by atoms with Crippen molar-refractivity contribution in [3.63, 3.8) is 0 Å². The van der Waals surface area contributed by atoms with E-state index < -0.39 is 4.92 Å². The third-order valence-corrected chi connectivity index (χ3v) is 6.55. The Morgan fingerprint density at radius 2 is 1.54 bits per heavy atom. The van der Waals surface area contributed by atoms with Gasteiger partial charge in [-0.3, -0.25) is 14.9 Å². The van der Waals surface area contributed by atoms with Gasteiger partial charge in [-0.25, -0.2) is 9.97 Å². The molecule has 0 aliphatic carbocycles. The summed E-state index contributed by atoms with van der Waals surface area (Å²) in [6.07, 6.45) is 2.84. The minimum absolute atomic E-state index is 0.102. The highest BCUT2D eigenvalue weighted by molar-refractivity contribution is 6.30. The summed E-state index contributed by atoms with van der Waals surface area (Å²) >= 11 is 6.13. The van der Waals surface area contributed by atoms with Crippen molar-refractivity contribution >= 4 is 40.5 Å². The lowest BCUT2D eigenvalue weighted by molar-refractivity contribution is -0.383. The van der Waals surface area contributed by atoms with E-state index in [2.05, 4.69) is 14.9 Å². The number of benzene rings is 1. The van der Waals surface area contributed by atoms with Crippen LogP contribution < -0.4 is 14.7 Å². The zero-order valence-electron chi connectivity index (χ0n) is 18.9. The molecule has 0 unspecified atom stereocenters. The van der Waals surface area contributed by atoms with E-state index in [-0.39, 0.29) is 23.2 Å². The molecule has 2 aliphatic heterocycles. The van der Waals surface area contributed by atoms with Crippen LogP contribution in [0.2, 0.25) is 5.02 Å². The van der Waals surface area contributed by atoms with Gasteiger partial charge in [0.15, 0.2) is 5.76 Å². The van der Waals surface area contributed by atoms with E-state index in [0.29, 0.717) is 63.2 Å². The molecule has 2 aromatic heterocycles. The van der Waals surface area contributed by atoms with E-state index in [0.717, 1.165) is 5.69 Å². The molecule has 0 spiro atoms. The Balaban J connectivity index is 1.30. The van der Waals surface area contributed by atoms with Crippen LogP contribution in [0.25, 0.3) is 0 Å².